The van der Waals surface area contributed by atoms with Gasteiger partial charge < -0.3 is 19.3 Å². The smallest absolute Gasteiger partial charge is 0.338 e. The van der Waals surface area contributed by atoms with Gasteiger partial charge in [-0.3, -0.25) is 0 Å². The van der Waals surface area contributed by atoms with Crippen molar-refractivity contribution in [3.05, 3.63) is 35.4 Å². The third kappa shape index (κ3) is 5.38. The van der Waals surface area contributed by atoms with E-state index in [1.54, 1.807) is 6.92 Å². The lowest BCUT2D eigenvalue weighted by atomic mass is 10.1. The number of aliphatic hydroxyl groups is 1. The van der Waals surface area contributed by atoms with Gasteiger partial charge in [-0.2, -0.15) is 0 Å². The van der Waals surface area contributed by atoms with Gasteiger partial charge in [-0.1, -0.05) is 0 Å². The normalized spacial score (nSPS) is 10.1. The summed E-state index contributed by atoms with van der Waals surface area (Å²) in [4.78, 5) is 23.1. The molecular formula is C14H18O6. The number of rotatable bonds is 8. The maximum absolute atomic E-state index is 11.6. The molecule has 0 aliphatic rings. The van der Waals surface area contributed by atoms with E-state index in [0.29, 0.717) is 17.7 Å². The van der Waals surface area contributed by atoms with Crippen molar-refractivity contribution >= 4 is 11.9 Å². The van der Waals surface area contributed by atoms with Crippen LogP contribution in [0, 0.1) is 0 Å². The van der Waals surface area contributed by atoms with Crippen LogP contribution in [0.5, 0.6) is 0 Å². The van der Waals surface area contributed by atoms with Crippen molar-refractivity contribution < 1.29 is 28.9 Å². The Labute approximate surface area is 117 Å². The number of ether oxygens (including phenoxy) is 3. The summed E-state index contributed by atoms with van der Waals surface area (Å²) in [7, 11) is 0. The summed E-state index contributed by atoms with van der Waals surface area (Å²) in [5.74, 6) is -0.919. The van der Waals surface area contributed by atoms with Crippen LogP contribution in [-0.4, -0.2) is 50.1 Å². The van der Waals surface area contributed by atoms with E-state index in [0.717, 1.165) is 0 Å². The van der Waals surface area contributed by atoms with Gasteiger partial charge in [0.25, 0.3) is 0 Å². The molecule has 1 aromatic carbocycles. The van der Waals surface area contributed by atoms with E-state index in [2.05, 4.69) is 0 Å². The van der Waals surface area contributed by atoms with Crippen molar-refractivity contribution in [3.63, 3.8) is 0 Å². The Hall–Kier alpha value is -1.92. The summed E-state index contributed by atoms with van der Waals surface area (Å²) >= 11 is 0. The van der Waals surface area contributed by atoms with Crippen LogP contribution in [0.2, 0.25) is 0 Å². The second kappa shape index (κ2) is 9.06. The molecule has 0 radical (unpaired) electrons. The molecule has 6 heteroatoms. The lowest BCUT2D eigenvalue weighted by Gasteiger charge is -2.06. The van der Waals surface area contributed by atoms with Crippen LogP contribution >= 0.6 is 0 Å². The second-order valence-corrected chi connectivity index (χ2v) is 3.77. The molecule has 0 fully saturated rings. The minimum Gasteiger partial charge on any atom is -0.462 e. The van der Waals surface area contributed by atoms with E-state index < -0.39 is 11.9 Å². The average Bonchev–Trinajstić information content (AvgIpc) is 2.47. The molecule has 0 unspecified atom stereocenters. The first kappa shape index (κ1) is 16.1. The molecule has 1 aromatic rings. The van der Waals surface area contributed by atoms with Crippen LogP contribution in [0.3, 0.4) is 0 Å². The van der Waals surface area contributed by atoms with Crippen molar-refractivity contribution in [2.75, 3.05) is 33.0 Å². The number of esters is 2. The van der Waals surface area contributed by atoms with Crippen molar-refractivity contribution in [3.8, 4) is 0 Å². The fourth-order valence-corrected chi connectivity index (χ4v) is 1.40. The van der Waals surface area contributed by atoms with Crippen LogP contribution in [0.4, 0.5) is 0 Å². The zero-order valence-electron chi connectivity index (χ0n) is 11.3. The second-order valence-electron chi connectivity index (χ2n) is 3.77. The van der Waals surface area contributed by atoms with E-state index in [4.69, 9.17) is 19.3 Å². The van der Waals surface area contributed by atoms with Crippen LogP contribution in [-0.2, 0) is 14.2 Å². The highest BCUT2D eigenvalue weighted by atomic mass is 16.6. The van der Waals surface area contributed by atoms with Crippen molar-refractivity contribution in [1.29, 1.82) is 0 Å². The average molecular weight is 282 g/mol. The van der Waals surface area contributed by atoms with E-state index in [1.807, 2.05) is 0 Å². The van der Waals surface area contributed by atoms with Crippen molar-refractivity contribution in [1.82, 2.24) is 0 Å². The van der Waals surface area contributed by atoms with E-state index >= 15 is 0 Å². The predicted molar refractivity (Wildman–Crippen MR) is 70.6 cm³/mol. The first-order valence-corrected chi connectivity index (χ1v) is 6.32. The molecule has 110 valence electrons. The Morgan fingerprint density at radius 2 is 1.50 bits per heavy atom. The molecule has 0 atom stereocenters. The number of carbonyl (C=O) groups excluding carboxylic acids is 2. The summed E-state index contributed by atoms with van der Waals surface area (Å²) in [6.45, 7) is 2.51. The molecule has 0 amide bonds. The van der Waals surface area contributed by atoms with Crippen LogP contribution in [0.15, 0.2) is 24.3 Å². The molecule has 0 saturated heterocycles. The number of benzene rings is 1. The van der Waals surface area contributed by atoms with Gasteiger partial charge in [0.2, 0.25) is 0 Å². The zero-order chi connectivity index (χ0) is 14.8. The minimum atomic E-state index is -0.493. The van der Waals surface area contributed by atoms with Gasteiger partial charge in [0.15, 0.2) is 0 Å². The molecule has 0 bridgehead atoms. The number of hydrogen-bond acceptors (Lipinski definition) is 6. The highest BCUT2D eigenvalue weighted by Crippen LogP contribution is 2.07. The monoisotopic (exact) mass is 282 g/mol. The summed E-state index contributed by atoms with van der Waals surface area (Å²) in [6.07, 6.45) is 0. The molecule has 0 spiro atoms. The van der Waals surface area contributed by atoms with Gasteiger partial charge in [0.1, 0.15) is 6.61 Å². The van der Waals surface area contributed by atoms with Gasteiger partial charge in [0.05, 0.1) is 37.6 Å². The van der Waals surface area contributed by atoms with Crippen molar-refractivity contribution in [2.24, 2.45) is 0 Å². The maximum Gasteiger partial charge on any atom is 0.338 e. The highest BCUT2D eigenvalue weighted by Gasteiger charge is 2.10. The summed E-state index contributed by atoms with van der Waals surface area (Å²) in [5.41, 5.74) is 0.731. The topological polar surface area (TPSA) is 82.1 Å². The Morgan fingerprint density at radius 1 is 0.950 bits per heavy atom. The number of carbonyl (C=O) groups is 2. The molecule has 0 saturated carbocycles. The lowest BCUT2D eigenvalue weighted by molar-refractivity contribution is 0.0258. The van der Waals surface area contributed by atoms with Crippen molar-refractivity contribution in [2.45, 2.75) is 6.92 Å². The van der Waals surface area contributed by atoms with Gasteiger partial charge in [-0.25, -0.2) is 9.59 Å². The fraction of sp³-hybridized carbons (Fsp3) is 0.429. The standard InChI is InChI=1S/C14H18O6/c1-2-19-13(16)11-3-5-12(6-4-11)14(17)20-10-9-18-8-7-15/h3-6,15H,2,7-10H2,1H3. The van der Waals surface area contributed by atoms with Gasteiger partial charge in [-0.15, -0.1) is 0 Å². The Kier molecular flexibility index (Phi) is 7.31. The Morgan fingerprint density at radius 3 is 2.00 bits per heavy atom. The summed E-state index contributed by atoms with van der Waals surface area (Å²) < 4.78 is 14.8. The summed E-state index contributed by atoms with van der Waals surface area (Å²) in [6, 6.07) is 6.03. The van der Waals surface area contributed by atoms with Crippen LogP contribution in [0.25, 0.3) is 0 Å². The largest absolute Gasteiger partial charge is 0.462 e. The molecule has 1 N–H and O–H groups in total. The fourth-order valence-electron chi connectivity index (χ4n) is 1.40. The number of hydrogen-bond donors (Lipinski definition) is 1. The third-order valence-corrected chi connectivity index (χ3v) is 2.33. The minimum absolute atomic E-state index is 0.0662. The molecule has 20 heavy (non-hydrogen) atoms. The summed E-state index contributed by atoms with van der Waals surface area (Å²) in [5, 5.41) is 8.49. The third-order valence-electron chi connectivity index (χ3n) is 2.33. The predicted octanol–water partition coefficient (Wildman–Crippen LogP) is 1.03. The zero-order valence-corrected chi connectivity index (χ0v) is 11.3. The maximum atomic E-state index is 11.6. The molecule has 0 heterocycles. The Bertz CT molecular complexity index is 426. The van der Waals surface area contributed by atoms with E-state index in [-0.39, 0.29) is 26.4 Å². The molecule has 0 aliphatic heterocycles. The van der Waals surface area contributed by atoms with Crippen LogP contribution in [0.1, 0.15) is 27.6 Å². The van der Waals surface area contributed by atoms with Gasteiger partial charge in [-0.05, 0) is 31.2 Å². The van der Waals surface area contributed by atoms with Gasteiger partial charge in [0, 0.05) is 0 Å². The quantitative estimate of drug-likeness (QED) is 0.566. The molecular weight excluding hydrogens is 264 g/mol. The van der Waals surface area contributed by atoms with E-state index in [1.165, 1.54) is 24.3 Å². The first-order chi connectivity index (χ1) is 9.69. The van der Waals surface area contributed by atoms with Gasteiger partial charge >= 0.3 is 11.9 Å². The highest BCUT2D eigenvalue weighted by molar-refractivity contribution is 5.93. The van der Waals surface area contributed by atoms with E-state index in [9.17, 15) is 9.59 Å². The molecule has 0 aliphatic carbocycles. The number of aliphatic hydroxyl groups excluding tert-OH is 1. The molecule has 0 aromatic heterocycles. The SMILES string of the molecule is CCOC(=O)c1ccc(C(=O)OCCOCCO)cc1. The molecule has 1 rings (SSSR count). The first-order valence-electron chi connectivity index (χ1n) is 6.32. The Balaban J connectivity index is 2.43. The molecule has 6 nitrogen and oxygen atoms in total. The van der Waals surface area contributed by atoms with Crippen LogP contribution < -0.4 is 0 Å². The lowest BCUT2D eigenvalue weighted by Crippen LogP contribution is -2.12.